The number of nitro groups is 1. The van der Waals surface area contributed by atoms with Crippen LogP contribution in [0.2, 0.25) is 0 Å². The molecule has 1 aromatic rings. The summed E-state index contributed by atoms with van der Waals surface area (Å²) >= 11 is 0. The van der Waals surface area contributed by atoms with Gasteiger partial charge < -0.3 is 24.3 Å². The minimum atomic E-state index is -0.425. The highest BCUT2D eigenvalue weighted by Gasteiger charge is 2.29. The molecule has 2 fully saturated rings. The molecule has 0 unspecified atom stereocenters. The largest absolute Gasteiger partial charge is 0.358 e. The zero-order valence-corrected chi connectivity index (χ0v) is 12.5. The van der Waals surface area contributed by atoms with Crippen molar-refractivity contribution < 1.29 is 19.1 Å². The monoisotopic (exact) mass is 311 g/mol. The maximum atomic E-state index is 11.2. The van der Waals surface area contributed by atoms with E-state index in [4.69, 9.17) is 14.2 Å². The quantitative estimate of drug-likeness (QED) is 0.613. The van der Waals surface area contributed by atoms with Crippen LogP contribution in [-0.4, -0.2) is 34.2 Å². The Balaban J connectivity index is 1.67. The minimum Gasteiger partial charge on any atom is -0.358 e. The molecule has 3 heterocycles. The lowest BCUT2D eigenvalue weighted by atomic mass is 10.2. The topological polar surface area (TPSA) is 88.7 Å². The second-order valence-corrected chi connectivity index (χ2v) is 5.62. The standard InChI is InChI=1S/C14H21N3O5/c18-17(19)12-9-11(10-22-14-6-2-4-8-21-14)15-16(12)13-5-1-3-7-20-13/h9,13-14H,1-8,10H2/t13-,14-/m0/s1. The zero-order chi connectivity index (χ0) is 15.4. The molecule has 0 spiro atoms. The third kappa shape index (κ3) is 3.63. The fourth-order valence-electron chi connectivity index (χ4n) is 2.79. The van der Waals surface area contributed by atoms with E-state index in [1.54, 1.807) is 0 Å². The van der Waals surface area contributed by atoms with Crippen molar-refractivity contribution in [1.82, 2.24) is 9.78 Å². The highest BCUT2D eigenvalue weighted by atomic mass is 16.7. The molecule has 0 bridgehead atoms. The maximum absolute atomic E-state index is 11.2. The van der Waals surface area contributed by atoms with E-state index in [1.165, 1.54) is 10.7 Å². The number of rotatable bonds is 5. The van der Waals surface area contributed by atoms with Crippen LogP contribution in [0.5, 0.6) is 0 Å². The summed E-state index contributed by atoms with van der Waals surface area (Å²) in [5.41, 5.74) is 0.537. The van der Waals surface area contributed by atoms with Gasteiger partial charge in [-0.05, 0) is 37.0 Å². The predicted molar refractivity (Wildman–Crippen MR) is 76.1 cm³/mol. The van der Waals surface area contributed by atoms with Crippen LogP contribution in [0.1, 0.15) is 50.4 Å². The number of aromatic nitrogens is 2. The molecule has 0 aromatic carbocycles. The Morgan fingerprint density at radius 1 is 1.27 bits per heavy atom. The first-order valence-electron chi connectivity index (χ1n) is 7.81. The van der Waals surface area contributed by atoms with Gasteiger partial charge >= 0.3 is 5.82 Å². The molecule has 1 aromatic heterocycles. The first kappa shape index (κ1) is 15.4. The van der Waals surface area contributed by atoms with Crippen molar-refractivity contribution in [1.29, 1.82) is 0 Å². The molecule has 0 radical (unpaired) electrons. The average molecular weight is 311 g/mol. The summed E-state index contributed by atoms with van der Waals surface area (Å²) in [6.07, 6.45) is 5.12. The molecule has 2 aliphatic heterocycles. The molecule has 2 atom stereocenters. The van der Waals surface area contributed by atoms with Gasteiger partial charge in [0.15, 0.2) is 6.29 Å². The van der Waals surface area contributed by atoms with E-state index in [0.717, 1.165) is 38.5 Å². The van der Waals surface area contributed by atoms with Crippen molar-refractivity contribution >= 4 is 5.82 Å². The van der Waals surface area contributed by atoms with Crippen molar-refractivity contribution in [2.75, 3.05) is 13.2 Å². The van der Waals surface area contributed by atoms with E-state index < -0.39 is 4.92 Å². The van der Waals surface area contributed by atoms with Crippen molar-refractivity contribution in [3.05, 3.63) is 21.9 Å². The van der Waals surface area contributed by atoms with E-state index >= 15 is 0 Å². The maximum Gasteiger partial charge on any atom is 0.347 e. The lowest BCUT2D eigenvalue weighted by Gasteiger charge is -2.22. The Kier molecular flexibility index (Phi) is 5.01. The third-order valence-corrected chi connectivity index (χ3v) is 3.94. The molecule has 8 heteroatoms. The van der Waals surface area contributed by atoms with Crippen LogP contribution in [-0.2, 0) is 20.8 Å². The van der Waals surface area contributed by atoms with Gasteiger partial charge in [0.05, 0.1) is 19.3 Å². The molecule has 0 saturated carbocycles. The first-order chi connectivity index (χ1) is 10.7. The van der Waals surface area contributed by atoms with Crippen LogP contribution >= 0.6 is 0 Å². The van der Waals surface area contributed by atoms with Gasteiger partial charge in [0.2, 0.25) is 6.23 Å². The summed E-state index contributed by atoms with van der Waals surface area (Å²) in [7, 11) is 0. The van der Waals surface area contributed by atoms with Gasteiger partial charge in [-0.1, -0.05) is 5.10 Å². The van der Waals surface area contributed by atoms with E-state index in [-0.39, 0.29) is 24.9 Å². The van der Waals surface area contributed by atoms with Gasteiger partial charge in [0.25, 0.3) is 0 Å². The van der Waals surface area contributed by atoms with Gasteiger partial charge in [0, 0.05) is 13.0 Å². The Labute approximate surface area is 128 Å². The zero-order valence-electron chi connectivity index (χ0n) is 12.5. The summed E-state index contributed by atoms with van der Waals surface area (Å²) in [4.78, 5) is 10.8. The molecule has 2 saturated heterocycles. The smallest absolute Gasteiger partial charge is 0.347 e. The fraction of sp³-hybridized carbons (Fsp3) is 0.786. The molecule has 0 amide bonds. The van der Waals surface area contributed by atoms with E-state index in [2.05, 4.69) is 5.10 Å². The fourth-order valence-corrected chi connectivity index (χ4v) is 2.79. The molecule has 0 N–H and O–H groups in total. The molecular formula is C14H21N3O5. The summed E-state index contributed by atoms with van der Waals surface area (Å²) in [6, 6.07) is 1.46. The Morgan fingerprint density at radius 3 is 2.68 bits per heavy atom. The van der Waals surface area contributed by atoms with Gasteiger partial charge in [0.1, 0.15) is 5.69 Å². The average Bonchev–Trinajstić information content (AvgIpc) is 2.99. The van der Waals surface area contributed by atoms with Gasteiger partial charge in [-0.2, -0.15) is 0 Å². The van der Waals surface area contributed by atoms with E-state index in [9.17, 15) is 10.1 Å². The van der Waals surface area contributed by atoms with Crippen LogP contribution in [0, 0.1) is 10.1 Å². The van der Waals surface area contributed by atoms with Crippen LogP contribution in [0.4, 0.5) is 5.82 Å². The van der Waals surface area contributed by atoms with Crippen molar-refractivity contribution in [3.8, 4) is 0 Å². The van der Waals surface area contributed by atoms with Crippen molar-refractivity contribution in [2.45, 2.75) is 57.6 Å². The van der Waals surface area contributed by atoms with Gasteiger partial charge in [-0.3, -0.25) is 0 Å². The highest BCUT2D eigenvalue weighted by Crippen LogP contribution is 2.27. The summed E-state index contributed by atoms with van der Waals surface area (Å²) in [6.45, 7) is 1.53. The Bertz CT molecular complexity index is 507. The molecule has 22 heavy (non-hydrogen) atoms. The molecule has 8 nitrogen and oxygen atoms in total. The van der Waals surface area contributed by atoms with Crippen LogP contribution in [0.25, 0.3) is 0 Å². The molecular weight excluding hydrogens is 290 g/mol. The summed E-state index contributed by atoms with van der Waals surface area (Å²) in [5, 5.41) is 15.5. The normalized spacial score (nSPS) is 26.0. The van der Waals surface area contributed by atoms with Crippen LogP contribution < -0.4 is 0 Å². The molecule has 2 aliphatic rings. The number of hydrogen-bond acceptors (Lipinski definition) is 6. The SMILES string of the molecule is O=[N+]([O-])c1cc(CO[C@H]2CCCCO2)nn1[C@@H]1CCCCO1. The van der Waals surface area contributed by atoms with Crippen LogP contribution in [0.15, 0.2) is 6.07 Å². The second kappa shape index (κ2) is 7.17. The molecule has 122 valence electrons. The van der Waals surface area contributed by atoms with Crippen molar-refractivity contribution in [3.63, 3.8) is 0 Å². The summed E-state index contributed by atoms with van der Waals surface area (Å²) < 4.78 is 18.1. The van der Waals surface area contributed by atoms with Crippen molar-refractivity contribution in [2.24, 2.45) is 0 Å². The molecule has 3 rings (SSSR count). The number of nitrogens with zero attached hydrogens (tertiary/aromatic N) is 3. The second-order valence-electron chi connectivity index (χ2n) is 5.62. The van der Waals surface area contributed by atoms with Gasteiger partial charge in [-0.25, -0.2) is 0 Å². The summed E-state index contributed by atoms with van der Waals surface area (Å²) in [5.74, 6) is -0.0462. The third-order valence-electron chi connectivity index (χ3n) is 3.94. The van der Waals surface area contributed by atoms with Gasteiger partial charge in [-0.15, -0.1) is 4.68 Å². The van der Waals surface area contributed by atoms with Crippen LogP contribution in [0.3, 0.4) is 0 Å². The Hall–Kier alpha value is -1.51. The van der Waals surface area contributed by atoms with E-state index in [1.807, 2.05) is 0 Å². The first-order valence-corrected chi connectivity index (χ1v) is 7.81. The number of ether oxygens (including phenoxy) is 3. The van der Waals surface area contributed by atoms with E-state index in [0.29, 0.717) is 18.9 Å². The lowest BCUT2D eigenvalue weighted by molar-refractivity contribution is -0.394. The highest BCUT2D eigenvalue weighted by molar-refractivity contribution is 5.23. The lowest BCUT2D eigenvalue weighted by Crippen LogP contribution is -2.22. The molecule has 0 aliphatic carbocycles. The Morgan fingerprint density at radius 2 is 2.05 bits per heavy atom. The minimum absolute atomic E-state index is 0.0462. The predicted octanol–water partition coefficient (Wildman–Crippen LogP) is 2.53. The number of hydrogen-bond donors (Lipinski definition) is 0.